The summed E-state index contributed by atoms with van der Waals surface area (Å²) < 4.78 is 1.54. The molecule has 1 amide bonds. The maximum atomic E-state index is 13.0. The van der Waals surface area contributed by atoms with E-state index < -0.39 is 0 Å². The first-order valence-corrected chi connectivity index (χ1v) is 12.1. The zero-order valence-electron chi connectivity index (χ0n) is 17.0. The molecular formula is C24H23N3O2S2. The smallest absolute Gasteiger partial charge is 0.258 e. The number of rotatable bonds is 9. The third-order valence-corrected chi connectivity index (χ3v) is 6.62. The van der Waals surface area contributed by atoms with Crippen LogP contribution in [0.1, 0.15) is 16.8 Å². The highest BCUT2D eigenvalue weighted by Gasteiger charge is 2.15. The molecule has 0 saturated carbocycles. The van der Waals surface area contributed by atoms with Crippen LogP contribution in [0.15, 0.2) is 83.1 Å². The Morgan fingerprint density at radius 3 is 2.48 bits per heavy atom. The second kappa shape index (κ2) is 10.4. The van der Waals surface area contributed by atoms with Crippen LogP contribution in [0.2, 0.25) is 0 Å². The topological polar surface area (TPSA) is 54.7 Å². The van der Waals surface area contributed by atoms with Gasteiger partial charge in [-0.2, -0.15) is 0 Å². The van der Waals surface area contributed by atoms with Crippen LogP contribution in [0.5, 0.6) is 0 Å². The monoisotopic (exact) mass is 449 g/mol. The second-order valence-electron chi connectivity index (χ2n) is 7.17. The Bertz CT molecular complexity index is 1190. The Morgan fingerprint density at radius 1 is 1.03 bits per heavy atom. The van der Waals surface area contributed by atoms with E-state index in [1.165, 1.54) is 33.1 Å². The van der Waals surface area contributed by atoms with E-state index in [-0.39, 0.29) is 11.5 Å². The highest BCUT2D eigenvalue weighted by Crippen LogP contribution is 2.15. The number of fused-ring (bicyclic) bond motifs is 1. The van der Waals surface area contributed by atoms with Crippen LogP contribution in [0.3, 0.4) is 0 Å². The third kappa shape index (κ3) is 5.83. The summed E-state index contributed by atoms with van der Waals surface area (Å²) in [6.45, 7) is 1.26. The lowest BCUT2D eigenvalue weighted by atomic mass is 10.1. The molecule has 2 aromatic heterocycles. The molecule has 0 aliphatic carbocycles. The summed E-state index contributed by atoms with van der Waals surface area (Å²) in [5, 5.41) is 1.85. The minimum atomic E-state index is -0.0817. The fraction of sp³-hybridized carbons (Fsp3) is 0.208. The average molecular weight is 450 g/mol. The lowest BCUT2D eigenvalue weighted by molar-refractivity contribution is -0.128. The van der Waals surface area contributed by atoms with Crippen molar-refractivity contribution in [3.05, 3.63) is 105 Å². The van der Waals surface area contributed by atoms with E-state index in [1.807, 2.05) is 58.8 Å². The first-order valence-electron chi connectivity index (χ1n) is 10.1. The molecule has 2 heterocycles. The van der Waals surface area contributed by atoms with Crippen LogP contribution in [-0.2, 0) is 23.5 Å². The van der Waals surface area contributed by atoms with Crippen molar-refractivity contribution in [3.63, 3.8) is 0 Å². The van der Waals surface area contributed by atoms with Gasteiger partial charge in [-0.3, -0.25) is 14.0 Å². The van der Waals surface area contributed by atoms with E-state index >= 15 is 0 Å². The van der Waals surface area contributed by atoms with E-state index in [2.05, 4.69) is 17.1 Å². The van der Waals surface area contributed by atoms with Crippen molar-refractivity contribution in [3.8, 4) is 0 Å². The molecule has 0 radical (unpaired) electrons. The molecule has 31 heavy (non-hydrogen) atoms. The van der Waals surface area contributed by atoms with Crippen molar-refractivity contribution < 1.29 is 4.79 Å². The van der Waals surface area contributed by atoms with Gasteiger partial charge in [0.15, 0.2) is 4.96 Å². The quantitative estimate of drug-likeness (QED) is 0.383. The Hall–Kier alpha value is -2.90. The molecule has 0 fully saturated rings. The molecular weight excluding hydrogens is 426 g/mol. The van der Waals surface area contributed by atoms with Crippen LogP contribution in [0.4, 0.5) is 0 Å². The zero-order valence-corrected chi connectivity index (χ0v) is 18.6. The second-order valence-corrected chi connectivity index (χ2v) is 9.03. The van der Waals surface area contributed by atoms with Crippen LogP contribution in [-0.4, -0.2) is 32.5 Å². The van der Waals surface area contributed by atoms with Crippen molar-refractivity contribution in [1.29, 1.82) is 0 Å². The number of nitrogens with zero attached hydrogens (tertiary/aromatic N) is 3. The van der Waals surface area contributed by atoms with Gasteiger partial charge in [-0.15, -0.1) is 23.1 Å². The summed E-state index contributed by atoms with van der Waals surface area (Å²) in [4.78, 5) is 32.3. The van der Waals surface area contributed by atoms with Gasteiger partial charge in [0, 0.05) is 36.5 Å². The molecule has 0 aliphatic rings. The number of benzene rings is 2. The largest absolute Gasteiger partial charge is 0.337 e. The maximum absolute atomic E-state index is 13.0. The van der Waals surface area contributed by atoms with Gasteiger partial charge in [0.05, 0.1) is 11.4 Å². The molecule has 0 spiro atoms. The van der Waals surface area contributed by atoms with Crippen molar-refractivity contribution in [1.82, 2.24) is 14.3 Å². The Kier molecular flexibility index (Phi) is 7.17. The van der Waals surface area contributed by atoms with Crippen molar-refractivity contribution >= 4 is 34.0 Å². The molecule has 0 aliphatic heterocycles. The number of thioether (sulfide) groups is 1. The van der Waals surface area contributed by atoms with Gasteiger partial charge in [0.1, 0.15) is 0 Å². The van der Waals surface area contributed by atoms with Gasteiger partial charge >= 0.3 is 0 Å². The minimum absolute atomic E-state index is 0.0817. The highest BCUT2D eigenvalue weighted by molar-refractivity contribution is 7.99. The molecule has 0 saturated heterocycles. The molecule has 158 valence electrons. The van der Waals surface area contributed by atoms with Gasteiger partial charge in [0.25, 0.3) is 5.56 Å². The maximum Gasteiger partial charge on any atom is 0.258 e. The molecule has 7 heteroatoms. The lowest BCUT2D eigenvalue weighted by Gasteiger charge is -2.23. The summed E-state index contributed by atoms with van der Waals surface area (Å²) in [6.07, 6.45) is 2.54. The molecule has 4 aromatic rings. The summed E-state index contributed by atoms with van der Waals surface area (Å²) in [5.74, 6) is 0.985. The zero-order chi connectivity index (χ0) is 21.5. The Labute approximate surface area is 189 Å². The van der Waals surface area contributed by atoms with E-state index in [4.69, 9.17) is 0 Å². The van der Waals surface area contributed by atoms with Crippen LogP contribution >= 0.6 is 23.1 Å². The van der Waals surface area contributed by atoms with Gasteiger partial charge < -0.3 is 4.90 Å². The molecule has 0 bridgehead atoms. The SMILES string of the molecule is O=C(CSCc1cc(=O)n2ccsc2n1)N(CCc1ccccc1)Cc1ccccc1. The normalized spacial score (nSPS) is 11.0. The molecule has 2 aromatic carbocycles. The van der Waals surface area contributed by atoms with E-state index in [1.54, 1.807) is 12.3 Å². The van der Waals surface area contributed by atoms with Gasteiger partial charge in [-0.05, 0) is 17.5 Å². The number of hydrogen-bond donors (Lipinski definition) is 0. The van der Waals surface area contributed by atoms with Gasteiger partial charge in [-0.1, -0.05) is 60.7 Å². The van der Waals surface area contributed by atoms with Crippen LogP contribution < -0.4 is 5.56 Å². The molecule has 5 nitrogen and oxygen atoms in total. The van der Waals surface area contributed by atoms with Crippen molar-refractivity contribution in [2.24, 2.45) is 0 Å². The van der Waals surface area contributed by atoms with Gasteiger partial charge in [-0.25, -0.2) is 4.98 Å². The fourth-order valence-corrected chi connectivity index (χ4v) is 4.86. The number of aromatic nitrogens is 2. The summed E-state index contributed by atoms with van der Waals surface area (Å²) in [6, 6.07) is 21.8. The number of amides is 1. The number of thiazole rings is 1. The first kappa shape index (κ1) is 21.3. The third-order valence-electron chi connectivity index (χ3n) is 4.91. The number of carbonyl (C=O) groups is 1. The molecule has 4 rings (SSSR count). The van der Waals surface area contributed by atoms with E-state index in [0.717, 1.165) is 12.0 Å². The predicted octanol–water partition coefficient (Wildman–Crippen LogP) is 4.26. The number of carbonyl (C=O) groups excluding carboxylic acids is 1. The van der Waals surface area contributed by atoms with Crippen LogP contribution in [0, 0.1) is 0 Å². The molecule has 0 unspecified atom stereocenters. The average Bonchev–Trinajstić information content (AvgIpc) is 3.27. The van der Waals surface area contributed by atoms with Crippen molar-refractivity contribution in [2.75, 3.05) is 12.3 Å². The fourth-order valence-electron chi connectivity index (χ4n) is 3.30. The van der Waals surface area contributed by atoms with E-state index in [0.29, 0.717) is 35.3 Å². The molecule has 0 N–H and O–H groups in total. The summed E-state index contributed by atoms with van der Waals surface area (Å²) in [7, 11) is 0. The van der Waals surface area contributed by atoms with Crippen LogP contribution in [0.25, 0.3) is 4.96 Å². The molecule has 0 atom stereocenters. The summed E-state index contributed by atoms with van der Waals surface area (Å²) in [5.41, 5.74) is 2.97. The van der Waals surface area contributed by atoms with E-state index in [9.17, 15) is 9.59 Å². The lowest BCUT2D eigenvalue weighted by Crippen LogP contribution is -2.33. The minimum Gasteiger partial charge on any atom is -0.337 e. The summed E-state index contributed by atoms with van der Waals surface area (Å²) >= 11 is 2.93. The Morgan fingerprint density at radius 2 is 1.74 bits per heavy atom. The highest BCUT2D eigenvalue weighted by atomic mass is 32.2. The van der Waals surface area contributed by atoms with Crippen molar-refractivity contribution in [2.45, 2.75) is 18.7 Å². The predicted molar refractivity (Wildman–Crippen MR) is 128 cm³/mol. The first-order chi connectivity index (χ1) is 15.2. The van der Waals surface area contributed by atoms with Gasteiger partial charge in [0.2, 0.25) is 5.91 Å². The Balaban J connectivity index is 1.38. The standard InChI is InChI=1S/C24H23N3O2S2/c28-22-15-21(25-24-27(22)13-14-31-24)17-30-18-23(29)26(16-20-9-5-2-6-10-20)12-11-19-7-3-1-4-8-19/h1-10,13-15H,11-12,16-18H2. The number of hydrogen-bond acceptors (Lipinski definition) is 5.